The SMILES string of the molecule is CCCn1ccc(CNC(C)c2nc3ccccc3[nH]2)c1. The van der Waals surface area contributed by atoms with Crippen molar-refractivity contribution in [3.05, 3.63) is 54.1 Å². The van der Waals surface area contributed by atoms with Gasteiger partial charge in [-0.3, -0.25) is 0 Å². The van der Waals surface area contributed by atoms with Gasteiger partial charge in [-0.05, 0) is 37.1 Å². The van der Waals surface area contributed by atoms with Crippen LogP contribution in [-0.2, 0) is 13.1 Å². The maximum absolute atomic E-state index is 4.64. The summed E-state index contributed by atoms with van der Waals surface area (Å²) in [6.07, 6.45) is 5.52. The number of para-hydroxylation sites is 2. The van der Waals surface area contributed by atoms with Crippen molar-refractivity contribution in [2.45, 2.75) is 39.4 Å². The summed E-state index contributed by atoms with van der Waals surface area (Å²) in [5.41, 5.74) is 3.43. The highest BCUT2D eigenvalue weighted by atomic mass is 15.0. The second-order valence-corrected chi connectivity index (χ2v) is 5.50. The van der Waals surface area contributed by atoms with Gasteiger partial charge in [0.1, 0.15) is 5.82 Å². The molecule has 3 aromatic rings. The van der Waals surface area contributed by atoms with E-state index in [1.54, 1.807) is 0 Å². The van der Waals surface area contributed by atoms with E-state index in [1.165, 1.54) is 5.56 Å². The largest absolute Gasteiger partial charge is 0.354 e. The molecule has 1 atom stereocenters. The lowest BCUT2D eigenvalue weighted by Gasteiger charge is -2.10. The number of rotatable bonds is 6. The van der Waals surface area contributed by atoms with E-state index in [4.69, 9.17) is 0 Å². The van der Waals surface area contributed by atoms with Gasteiger partial charge in [0.15, 0.2) is 0 Å². The number of aromatic nitrogens is 3. The van der Waals surface area contributed by atoms with E-state index >= 15 is 0 Å². The summed E-state index contributed by atoms with van der Waals surface area (Å²) in [7, 11) is 0. The van der Waals surface area contributed by atoms with Crippen LogP contribution in [0, 0.1) is 0 Å². The average Bonchev–Trinajstić information content (AvgIpc) is 3.11. The van der Waals surface area contributed by atoms with Crippen molar-refractivity contribution in [1.29, 1.82) is 0 Å². The second kappa shape index (κ2) is 6.14. The molecule has 2 heterocycles. The molecule has 21 heavy (non-hydrogen) atoms. The number of imidazole rings is 1. The van der Waals surface area contributed by atoms with Crippen LogP contribution in [0.4, 0.5) is 0 Å². The Hall–Kier alpha value is -2.07. The van der Waals surface area contributed by atoms with Gasteiger partial charge in [0.05, 0.1) is 17.1 Å². The number of aryl methyl sites for hydroxylation is 1. The molecule has 4 heteroatoms. The molecule has 0 saturated heterocycles. The highest BCUT2D eigenvalue weighted by molar-refractivity contribution is 5.74. The fourth-order valence-corrected chi connectivity index (χ4v) is 2.54. The predicted molar refractivity (Wildman–Crippen MR) is 86.1 cm³/mol. The molecule has 2 N–H and O–H groups in total. The molecule has 0 spiro atoms. The van der Waals surface area contributed by atoms with Crippen LogP contribution in [0.25, 0.3) is 11.0 Å². The number of fused-ring (bicyclic) bond motifs is 1. The van der Waals surface area contributed by atoms with E-state index in [0.29, 0.717) is 0 Å². The molecule has 0 aliphatic heterocycles. The fraction of sp³-hybridized carbons (Fsp3) is 0.353. The van der Waals surface area contributed by atoms with Gasteiger partial charge in [-0.25, -0.2) is 4.98 Å². The first-order chi connectivity index (χ1) is 10.3. The van der Waals surface area contributed by atoms with Crippen LogP contribution in [0.5, 0.6) is 0 Å². The molecular weight excluding hydrogens is 260 g/mol. The van der Waals surface area contributed by atoms with Crippen LogP contribution in [-0.4, -0.2) is 14.5 Å². The molecule has 3 rings (SSSR count). The monoisotopic (exact) mass is 282 g/mol. The van der Waals surface area contributed by atoms with Crippen molar-refractivity contribution in [2.75, 3.05) is 0 Å². The molecule has 0 bridgehead atoms. The van der Waals surface area contributed by atoms with Gasteiger partial charge < -0.3 is 14.9 Å². The standard InChI is InChI=1S/C17H22N4/c1-3-9-21-10-8-14(12-21)11-18-13(2)17-19-15-6-4-5-7-16(15)20-17/h4-8,10,12-13,18H,3,9,11H2,1-2H3,(H,19,20). The van der Waals surface area contributed by atoms with Crippen LogP contribution in [0.1, 0.15) is 37.7 Å². The average molecular weight is 282 g/mol. The first-order valence-electron chi connectivity index (χ1n) is 7.59. The summed E-state index contributed by atoms with van der Waals surface area (Å²) in [6, 6.07) is 10.5. The predicted octanol–water partition coefficient (Wildman–Crippen LogP) is 3.63. The number of hydrogen-bond acceptors (Lipinski definition) is 2. The number of benzene rings is 1. The Labute approximate surface area is 125 Å². The molecule has 110 valence electrons. The zero-order valence-electron chi connectivity index (χ0n) is 12.6. The van der Waals surface area contributed by atoms with E-state index in [1.807, 2.05) is 18.2 Å². The molecule has 0 amide bonds. The lowest BCUT2D eigenvalue weighted by atomic mass is 10.3. The Morgan fingerprint density at radius 3 is 2.95 bits per heavy atom. The minimum atomic E-state index is 0.201. The van der Waals surface area contributed by atoms with E-state index in [-0.39, 0.29) is 6.04 Å². The minimum Gasteiger partial charge on any atom is -0.354 e. The van der Waals surface area contributed by atoms with E-state index in [0.717, 1.165) is 36.4 Å². The fourth-order valence-electron chi connectivity index (χ4n) is 2.54. The number of aromatic amines is 1. The summed E-state index contributed by atoms with van der Waals surface area (Å²) in [5.74, 6) is 0.990. The molecule has 0 radical (unpaired) electrons. The molecular formula is C17H22N4. The van der Waals surface area contributed by atoms with Crippen molar-refractivity contribution in [3.8, 4) is 0 Å². The first-order valence-corrected chi connectivity index (χ1v) is 7.59. The molecule has 0 aliphatic rings. The Balaban J connectivity index is 1.63. The molecule has 0 fully saturated rings. The summed E-state index contributed by atoms with van der Waals surface area (Å²) < 4.78 is 2.24. The van der Waals surface area contributed by atoms with Gasteiger partial charge in [0.25, 0.3) is 0 Å². The Bertz CT molecular complexity index is 677. The third-order valence-electron chi connectivity index (χ3n) is 3.72. The van der Waals surface area contributed by atoms with Gasteiger partial charge in [-0.1, -0.05) is 19.1 Å². The van der Waals surface area contributed by atoms with Crippen molar-refractivity contribution in [1.82, 2.24) is 19.9 Å². The minimum absolute atomic E-state index is 0.201. The number of nitrogens with one attached hydrogen (secondary N) is 2. The van der Waals surface area contributed by atoms with Crippen LogP contribution in [0.2, 0.25) is 0 Å². The summed E-state index contributed by atoms with van der Waals surface area (Å²) >= 11 is 0. The van der Waals surface area contributed by atoms with E-state index < -0.39 is 0 Å². The topological polar surface area (TPSA) is 45.6 Å². The molecule has 1 aromatic carbocycles. The van der Waals surface area contributed by atoms with Crippen LogP contribution >= 0.6 is 0 Å². The lowest BCUT2D eigenvalue weighted by Crippen LogP contribution is -2.18. The van der Waals surface area contributed by atoms with Gasteiger partial charge in [-0.15, -0.1) is 0 Å². The van der Waals surface area contributed by atoms with Crippen molar-refractivity contribution >= 4 is 11.0 Å². The molecule has 0 aliphatic carbocycles. The Morgan fingerprint density at radius 2 is 2.14 bits per heavy atom. The van der Waals surface area contributed by atoms with Gasteiger partial charge in [0.2, 0.25) is 0 Å². The first kappa shape index (κ1) is 13.9. The van der Waals surface area contributed by atoms with Crippen LogP contribution in [0.15, 0.2) is 42.7 Å². The summed E-state index contributed by atoms with van der Waals surface area (Å²) in [4.78, 5) is 8.01. The molecule has 2 aromatic heterocycles. The van der Waals surface area contributed by atoms with E-state index in [9.17, 15) is 0 Å². The Kier molecular flexibility index (Phi) is 4.06. The highest BCUT2D eigenvalue weighted by Crippen LogP contribution is 2.16. The summed E-state index contributed by atoms with van der Waals surface area (Å²) in [6.45, 7) is 6.27. The maximum Gasteiger partial charge on any atom is 0.124 e. The smallest absolute Gasteiger partial charge is 0.124 e. The Morgan fingerprint density at radius 1 is 1.29 bits per heavy atom. The normalized spacial score (nSPS) is 12.9. The van der Waals surface area contributed by atoms with Crippen molar-refractivity contribution < 1.29 is 0 Å². The maximum atomic E-state index is 4.64. The van der Waals surface area contributed by atoms with Gasteiger partial charge in [0, 0.05) is 25.5 Å². The molecule has 0 saturated carbocycles. The van der Waals surface area contributed by atoms with E-state index in [2.05, 4.69) is 58.2 Å². The third-order valence-corrected chi connectivity index (χ3v) is 3.72. The zero-order valence-corrected chi connectivity index (χ0v) is 12.6. The number of hydrogen-bond donors (Lipinski definition) is 2. The number of H-pyrrole nitrogens is 1. The third kappa shape index (κ3) is 3.16. The summed E-state index contributed by atoms with van der Waals surface area (Å²) in [5, 5.41) is 3.52. The van der Waals surface area contributed by atoms with Gasteiger partial charge in [-0.2, -0.15) is 0 Å². The van der Waals surface area contributed by atoms with Crippen molar-refractivity contribution in [2.24, 2.45) is 0 Å². The lowest BCUT2D eigenvalue weighted by molar-refractivity contribution is 0.551. The highest BCUT2D eigenvalue weighted by Gasteiger charge is 2.10. The number of nitrogens with zero attached hydrogens (tertiary/aromatic N) is 2. The second-order valence-electron chi connectivity index (χ2n) is 5.50. The molecule has 4 nitrogen and oxygen atoms in total. The molecule has 1 unspecified atom stereocenters. The van der Waals surface area contributed by atoms with Crippen LogP contribution in [0.3, 0.4) is 0 Å². The zero-order chi connectivity index (χ0) is 14.7. The quantitative estimate of drug-likeness (QED) is 0.725. The van der Waals surface area contributed by atoms with Crippen molar-refractivity contribution in [3.63, 3.8) is 0 Å². The van der Waals surface area contributed by atoms with Crippen LogP contribution < -0.4 is 5.32 Å². The van der Waals surface area contributed by atoms with Gasteiger partial charge >= 0.3 is 0 Å².